The van der Waals surface area contributed by atoms with E-state index in [9.17, 15) is 0 Å². The maximum Gasteiger partial charge on any atom is -0.0244 e. The number of fused-ring (bicyclic) bond motifs is 1. The number of hydrogen-bond acceptors (Lipinski definition) is 0. The Morgan fingerprint density at radius 1 is 0.824 bits per heavy atom. The van der Waals surface area contributed by atoms with Crippen molar-refractivity contribution in [1.29, 1.82) is 0 Å². The van der Waals surface area contributed by atoms with Crippen molar-refractivity contribution in [3.63, 3.8) is 0 Å². The molecule has 86 valence electrons. The van der Waals surface area contributed by atoms with E-state index in [-0.39, 0.29) is 0 Å². The molecule has 1 aliphatic carbocycles. The summed E-state index contributed by atoms with van der Waals surface area (Å²) in [5, 5.41) is 0. The van der Waals surface area contributed by atoms with Gasteiger partial charge in [-0.15, -0.1) is 0 Å². The molecule has 2 aromatic rings. The molecule has 1 unspecified atom stereocenters. The summed E-state index contributed by atoms with van der Waals surface area (Å²) in [5.74, 6) is 0.826. The second-order valence-electron chi connectivity index (χ2n) is 5.07. The van der Waals surface area contributed by atoms with Gasteiger partial charge in [0.05, 0.1) is 0 Å². The summed E-state index contributed by atoms with van der Waals surface area (Å²) in [6, 6.07) is 19.8. The van der Waals surface area contributed by atoms with Crippen LogP contribution in [0.25, 0.3) is 0 Å². The van der Waals surface area contributed by atoms with E-state index in [1.165, 1.54) is 31.2 Å². The van der Waals surface area contributed by atoms with Gasteiger partial charge >= 0.3 is 0 Å². The molecule has 0 spiro atoms. The minimum absolute atomic E-state index is 0.826. The lowest BCUT2D eigenvalue weighted by Crippen LogP contribution is -2.16. The number of rotatable bonds is 2. The summed E-state index contributed by atoms with van der Waals surface area (Å²) < 4.78 is 0. The standard InChI is InChI=1S/C17H18/c1-2-6-14(7-3-1)12-15-10-11-16-8-4-5-9-17(16)13-15/h1-9,15H,10-13H2. The van der Waals surface area contributed by atoms with Crippen LogP contribution >= 0.6 is 0 Å². The highest BCUT2D eigenvalue weighted by molar-refractivity contribution is 5.30. The SMILES string of the molecule is c1ccc(CC2CCc3ccccc3C2)cc1. The van der Waals surface area contributed by atoms with Gasteiger partial charge < -0.3 is 0 Å². The third-order valence-corrected chi connectivity index (χ3v) is 3.82. The van der Waals surface area contributed by atoms with Gasteiger partial charge in [-0.2, -0.15) is 0 Å². The Morgan fingerprint density at radius 3 is 2.35 bits per heavy atom. The first-order valence-electron chi connectivity index (χ1n) is 6.52. The van der Waals surface area contributed by atoms with Crippen molar-refractivity contribution in [1.82, 2.24) is 0 Å². The average molecular weight is 222 g/mol. The van der Waals surface area contributed by atoms with Gasteiger partial charge in [0.15, 0.2) is 0 Å². The van der Waals surface area contributed by atoms with Crippen LogP contribution in [0, 0.1) is 5.92 Å². The number of hydrogen-bond donors (Lipinski definition) is 0. The first-order valence-corrected chi connectivity index (χ1v) is 6.52. The highest BCUT2D eigenvalue weighted by atomic mass is 14.2. The zero-order valence-electron chi connectivity index (χ0n) is 10.1. The number of benzene rings is 2. The summed E-state index contributed by atoms with van der Waals surface area (Å²) >= 11 is 0. The summed E-state index contributed by atoms with van der Waals surface area (Å²) in [6.45, 7) is 0. The Balaban J connectivity index is 1.72. The van der Waals surface area contributed by atoms with Crippen LogP contribution < -0.4 is 0 Å². The molecule has 0 saturated carbocycles. The van der Waals surface area contributed by atoms with Crippen molar-refractivity contribution in [2.24, 2.45) is 5.92 Å². The minimum Gasteiger partial charge on any atom is -0.0622 e. The summed E-state index contributed by atoms with van der Waals surface area (Å²) in [7, 11) is 0. The molecule has 17 heavy (non-hydrogen) atoms. The van der Waals surface area contributed by atoms with E-state index < -0.39 is 0 Å². The smallest absolute Gasteiger partial charge is 0.0244 e. The van der Waals surface area contributed by atoms with Gasteiger partial charge in [-0.05, 0) is 48.3 Å². The van der Waals surface area contributed by atoms with E-state index in [1.807, 2.05) is 0 Å². The Labute approximate surface area is 103 Å². The molecule has 0 aromatic heterocycles. The van der Waals surface area contributed by atoms with Crippen LogP contribution in [0.5, 0.6) is 0 Å². The monoisotopic (exact) mass is 222 g/mol. The highest BCUT2D eigenvalue weighted by Crippen LogP contribution is 2.27. The second kappa shape index (κ2) is 4.75. The van der Waals surface area contributed by atoms with Gasteiger partial charge in [-0.3, -0.25) is 0 Å². The molecule has 0 nitrogen and oxygen atoms in total. The van der Waals surface area contributed by atoms with Gasteiger partial charge in [0.25, 0.3) is 0 Å². The van der Waals surface area contributed by atoms with Crippen LogP contribution in [-0.4, -0.2) is 0 Å². The molecule has 0 heterocycles. The molecule has 0 saturated heterocycles. The zero-order chi connectivity index (χ0) is 11.5. The zero-order valence-corrected chi connectivity index (χ0v) is 10.1. The fourth-order valence-corrected chi connectivity index (χ4v) is 2.89. The van der Waals surface area contributed by atoms with E-state index in [2.05, 4.69) is 54.6 Å². The third-order valence-electron chi connectivity index (χ3n) is 3.82. The first-order chi connectivity index (χ1) is 8.42. The van der Waals surface area contributed by atoms with Crippen LogP contribution in [0.15, 0.2) is 54.6 Å². The van der Waals surface area contributed by atoms with Crippen LogP contribution in [0.1, 0.15) is 23.1 Å². The lowest BCUT2D eigenvalue weighted by Gasteiger charge is -2.24. The quantitative estimate of drug-likeness (QED) is 0.719. The molecule has 0 heteroatoms. The largest absolute Gasteiger partial charge is 0.0622 e. The molecule has 1 aliphatic rings. The first kappa shape index (κ1) is 10.6. The molecule has 1 atom stereocenters. The summed E-state index contributed by atoms with van der Waals surface area (Å²) in [4.78, 5) is 0. The predicted octanol–water partition coefficient (Wildman–Crippen LogP) is 4.03. The molecular formula is C17H18. The van der Waals surface area contributed by atoms with E-state index in [0.29, 0.717) is 0 Å². The van der Waals surface area contributed by atoms with Crippen molar-refractivity contribution in [3.8, 4) is 0 Å². The minimum atomic E-state index is 0.826. The number of aryl methyl sites for hydroxylation is 1. The van der Waals surface area contributed by atoms with E-state index in [0.717, 1.165) is 5.92 Å². The van der Waals surface area contributed by atoms with E-state index in [4.69, 9.17) is 0 Å². The van der Waals surface area contributed by atoms with Gasteiger partial charge in [0.2, 0.25) is 0 Å². The lowest BCUT2D eigenvalue weighted by atomic mass is 9.81. The average Bonchev–Trinajstić information content (AvgIpc) is 2.40. The van der Waals surface area contributed by atoms with Gasteiger partial charge in [-0.1, -0.05) is 54.6 Å². The second-order valence-corrected chi connectivity index (χ2v) is 5.07. The Kier molecular flexibility index (Phi) is 2.96. The third kappa shape index (κ3) is 2.41. The molecule has 2 aromatic carbocycles. The maximum absolute atomic E-state index is 2.30. The Morgan fingerprint density at radius 2 is 1.53 bits per heavy atom. The molecule has 0 amide bonds. The molecule has 0 aliphatic heterocycles. The molecule has 0 N–H and O–H groups in total. The molecule has 0 radical (unpaired) electrons. The highest BCUT2D eigenvalue weighted by Gasteiger charge is 2.18. The topological polar surface area (TPSA) is 0 Å². The van der Waals surface area contributed by atoms with Crippen molar-refractivity contribution in [3.05, 3.63) is 71.3 Å². The fraction of sp³-hybridized carbons (Fsp3) is 0.294. The van der Waals surface area contributed by atoms with Crippen LogP contribution in [-0.2, 0) is 19.3 Å². The fourth-order valence-electron chi connectivity index (χ4n) is 2.89. The van der Waals surface area contributed by atoms with Crippen LogP contribution in [0.2, 0.25) is 0 Å². The molecule has 0 fully saturated rings. The van der Waals surface area contributed by atoms with Gasteiger partial charge in [-0.25, -0.2) is 0 Å². The van der Waals surface area contributed by atoms with Crippen molar-refractivity contribution < 1.29 is 0 Å². The van der Waals surface area contributed by atoms with Crippen molar-refractivity contribution in [2.45, 2.75) is 25.7 Å². The lowest BCUT2D eigenvalue weighted by molar-refractivity contribution is 0.456. The molecule has 3 rings (SSSR count). The summed E-state index contributed by atoms with van der Waals surface area (Å²) in [6.07, 6.45) is 5.08. The Bertz CT molecular complexity index is 484. The van der Waals surface area contributed by atoms with Gasteiger partial charge in [0, 0.05) is 0 Å². The molecule has 0 bridgehead atoms. The van der Waals surface area contributed by atoms with Crippen LogP contribution in [0.4, 0.5) is 0 Å². The normalized spacial score (nSPS) is 18.7. The van der Waals surface area contributed by atoms with Gasteiger partial charge in [0.1, 0.15) is 0 Å². The Hall–Kier alpha value is -1.56. The predicted molar refractivity (Wildman–Crippen MR) is 72.1 cm³/mol. The van der Waals surface area contributed by atoms with E-state index >= 15 is 0 Å². The van der Waals surface area contributed by atoms with Crippen molar-refractivity contribution in [2.75, 3.05) is 0 Å². The van der Waals surface area contributed by atoms with Crippen molar-refractivity contribution >= 4 is 0 Å². The van der Waals surface area contributed by atoms with E-state index in [1.54, 1.807) is 11.1 Å². The molecular weight excluding hydrogens is 204 g/mol. The maximum atomic E-state index is 2.30. The summed E-state index contributed by atoms with van der Waals surface area (Å²) in [5.41, 5.74) is 4.62. The van der Waals surface area contributed by atoms with Crippen LogP contribution in [0.3, 0.4) is 0 Å².